The first-order chi connectivity index (χ1) is 9.29. The molecular weight excluding hydrogens is 240 g/mol. The smallest absolute Gasteiger partial charge is 0.165 e. The van der Waals surface area contributed by atoms with Crippen molar-refractivity contribution in [3.05, 3.63) is 23.8 Å². The number of nitrogens with two attached hydrogens (primary N) is 1. The molecule has 1 fully saturated rings. The standard InChI is InChI=1S/C15H22N2O2/c1-18-13-6-4-5-12-14(16)11(10-19-15(12)13)9-17-7-2-3-8-17/h4-6,11,14H,2-3,7-10,16H2,1H3. The van der Waals surface area contributed by atoms with Crippen molar-refractivity contribution in [1.82, 2.24) is 4.90 Å². The number of likely N-dealkylation sites (tertiary alicyclic amines) is 1. The molecule has 1 aromatic carbocycles. The van der Waals surface area contributed by atoms with Crippen molar-refractivity contribution in [2.45, 2.75) is 18.9 Å². The first kappa shape index (κ1) is 12.8. The average molecular weight is 262 g/mol. The lowest BCUT2D eigenvalue weighted by atomic mass is 9.90. The number of rotatable bonds is 3. The Balaban J connectivity index is 1.77. The maximum Gasteiger partial charge on any atom is 0.165 e. The Kier molecular flexibility index (Phi) is 3.62. The number of nitrogens with zero attached hydrogens (tertiary/aromatic N) is 1. The van der Waals surface area contributed by atoms with Crippen molar-refractivity contribution in [3.8, 4) is 11.5 Å². The zero-order valence-electron chi connectivity index (χ0n) is 11.5. The minimum absolute atomic E-state index is 0.0412. The van der Waals surface area contributed by atoms with Crippen molar-refractivity contribution in [1.29, 1.82) is 0 Å². The lowest BCUT2D eigenvalue weighted by molar-refractivity contribution is 0.147. The Morgan fingerprint density at radius 3 is 2.89 bits per heavy atom. The Morgan fingerprint density at radius 1 is 1.37 bits per heavy atom. The third kappa shape index (κ3) is 2.42. The minimum Gasteiger partial charge on any atom is -0.493 e. The predicted octanol–water partition coefficient (Wildman–Crippen LogP) is 1.80. The normalized spacial score (nSPS) is 26.8. The summed E-state index contributed by atoms with van der Waals surface area (Å²) in [5, 5.41) is 0. The highest BCUT2D eigenvalue weighted by atomic mass is 16.5. The van der Waals surface area contributed by atoms with E-state index < -0.39 is 0 Å². The van der Waals surface area contributed by atoms with Crippen LogP contribution in [-0.4, -0.2) is 38.3 Å². The second-order valence-electron chi connectivity index (χ2n) is 5.48. The molecule has 0 aromatic heterocycles. The van der Waals surface area contributed by atoms with Crippen LogP contribution in [0.4, 0.5) is 0 Å². The molecule has 3 rings (SSSR count). The van der Waals surface area contributed by atoms with Crippen LogP contribution in [-0.2, 0) is 0 Å². The van der Waals surface area contributed by atoms with E-state index in [2.05, 4.69) is 11.0 Å². The summed E-state index contributed by atoms with van der Waals surface area (Å²) in [4.78, 5) is 2.50. The molecule has 4 heteroatoms. The molecule has 104 valence electrons. The number of methoxy groups -OCH3 is 1. The summed E-state index contributed by atoms with van der Waals surface area (Å²) in [7, 11) is 1.67. The molecule has 4 nitrogen and oxygen atoms in total. The van der Waals surface area contributed by atoms with Gasteiger partial charge in [-0.1, -0.05) is 12.1 Å². The number of para-hydroxylation sites is 1. The van der Waals surface area contributed by atoms with Gasteiger partial charge in [0.15, 0.2) is 11.5 Å². The second kappa shape index (κ2) is 5.39. The summed E-state index contributed by atoms with van der Waals surface area (Å²) in [5.41, 5.74) is 7.51. The maximum atomic E-state index is 6.43. The topological polar surface area (TPSA) is 47.7 Å². The van der Waals surface area contributed by atoms with E-state index in [0.29, 0.717) is 12.5 Å². The first-order valence-electron chi connectivity index (χ1n) is 7.07. The monoisotopic (exact) mass is 262 g/mol. The highest BCUT2D eigenvalue weighted by Crippen LogP contribution is 2.40. The first-order valence-corrected chi connectivity index (χ1v) is 7.07. The van der Waals surface area contributed by atoms with E-state index in [4.69, 9.17) is 15.2 Å². The molecule has 2 aliphatic rings. The van der Waals surface area contributed by atoms with E-state index in [1.54, 1.807) is 7.11 Å². The summed E-state index contributed by atoms with van der Waals surface area (Å²) >= 11 is 0. The van der Waals surface area contributed by atoms with Gasteiger partial charge in [-0.3, -0.25) is 0 Å². The molecule has 2 N–H and O–H groups in total. The highest BCUT2D eigenvalue weighted by Gasteiger charge is 2.31. The summed E-state index contributed by atoms with van der Waals surface area (Å²) < 4.78 is 11.2. The lowest BCUT2D eigenvalue weighted by Gasteiger charge is -2.34. The highest BCUT2D eigenvalue weighted by molar-refractivity contribution is 5.49. The Morgan fingerprint density at radius 2 is 2.16 bits per heavy atom. The Labute approximate surface area is 114 Å². The van der Waals surface area contributed by atoms with Crippen LogP contribution in [0.25, 0.3) is 0 Å². The summed E-state index contributed by atoms with van der Waals surface area (Å²) in [6.07, 6.45) is 2.63. The Bertz CT molecular complexity index is 444. The number of benzene rings is 1. The summed E-state index contributed by atoms with van der Waals surface area (Å²) in [6.45, 7) is 4.13. The summed E-state index contributed by atoms with van der Waals surface area (Å²) in [5.74, 6) is 1.99. The van der Waals surface area contributed by atoms with Crippen LogP contribution in [0.2, 0.25) is 0 Å². The summed E-state index contributed by atoms with van der Waals surface area (Å²) in [6, 6.07) is 6.00. The fourth-order valence-corrected chi connectivity index (χ4v) is 3.12. The van der Waals surface area contributed by atoms with Gasteiger partial charge in [-0.25, -0.2) is 0 Å². The molecule has 0 bridgehead atoms. The fourth-order valence-electron chi connectivity index (χ4n) is 3.12. The van der Waals surface area contributed by atoms with Gasteiger partial charge in [-0.2, -0.15) is 0 Å². The fraction of sp³-hybridized carbons (Fsp3) is 0.600. The molecule has 0 radical (unpaired) electrons. The van der Waals surface area contributed by atoms with Gasteiger partial charge in [0.25, 0.3) is 0 Å². The second-order valence-corrected chi connectivity index (χ2v) is 5.48. The van der Waals surface area contributed by atoms with Crippen LogP contribution in [0.15, 0.2) is 18.2 Å². The van der Waals surface area contributed by atoms with E-state index in [9.17, 15) is 0 Å². The van der Waals surface area contributed by atoms with Gasteiger partial charge >= 0.3 is 0 Å². The number of fused-ring (bicyclic) bond motifs is 1. The maximum absolute atomic E-state index is 6.43. The van der Waals surface area contributed by atoms with Gasteiger partial charge in [-0.15, -0.1) is 0 Å². The lowest BCUT2D eigenvalue weighted by Crippen LogP contribution is -2.39. The molecule has 2 heterocycles. The zero-order valence-corrected chi connectivity index (χ0v) is 11.5. The molecule has 19 heavy (non-hydrogen) atoms. The van der Waals surface area contributed by atoms with Crippen LogP contribution < -0.4 is 15.2 Å². The molecule has 1 aromatic rings. The van der Waals surface area contributed by atoms with Crippen LogP contribution >= 0.6 is 0 Å². The molecule has 1 saturated heterocycles. The molecule has 2 atom stereocenters. The van der Waals surface area contributed by atoms with Gasteiger partial charge < -0.3 is 20.1 Å². The van der Waals surface area contributed by atoms with Gasteiger partial charge in [0.05, 0.1) is 13.7 Å². The van der Waals surface area contributed by atoms with Crippen molar-refractivity contribution < 1.29 is 9.47 Å². The molecule has 0 amide bonds. The van der Waals surface area contributed by atoms with Gasteiger partial charge in [-0.05, 0) is 32.0 Å². The van der Waals surface area contributed by atoms with Gasteiger partial charge in [0.2, 0.25) is 0 Å². The molecule has 0 aliphatic carbocycles. The van der Waals surface area contributed by atoms with Crippen molar-refractivity contribution in [2.24, 2.45) is 11.7 Å². The number of ether oxygens (including phenoxy) is 2. The molecule has 2 unspecified atom stereocenters. The van der Waals surface area contributed by atoms with E-state index in [0.717, 1.165) is 23.6 Å². The average Bonchev–Trinajstić information content (AvgIpc) is 2.94. The van der Waals surface area contributed by atoms with Crippen LogP contribution in [0.5, 0.6) is 11.5 Å². The van der Waals surface area contributed by atoms with Crippen LogP contribution in [0, 0.1) is 5.92 Å². The van der Waals surface area contributed by atoms with Crippen molar-refractivity contribution >= 4 is 0 Å². The number of hydrogen-bond donors (Lipinski definition) is 1. The van der Waals surface area contributed by atoms with E-state index in [1.807, 2.05) is 12.1 Å². The molecular formula is C15H22N2O2. The van der Waals surface area contributed by atoms with E-state index >= 15 is 0 Å². The van der Waals surface area contributed by atoms with Crippen molar-refractivity contribution in [3.63, 3.8) is 0 Å². The largest absolute Gasteiger partial charge is 0.493 e. The third-order valence-corrected chi connectivity index (χ3v) is 4.23. The van der Waals surface area contributed by atoms with Crippen LogP contribution in [0.3, 0.4) is 0 Å². The number of hydrogen-bond acceptors (Lipinski definition) is 4. The Hall–Kier alpha value is -1.26. The van der Waals surface area contributed by atoms with E-state index in [1.165, 1.54) is 25.9 Å². The zero-order chi connectivity index (χ0) is 13.2. The predicted molar refractivity (Wildman–Crippen MR) is 74.6 cm³/mol. The van der Waals surface area contributed by atoms with Crippen molar-refractivity contribution in [2.75, 3.05) is 33.4 Å². The van der Waals surface area contributed by atoms with E-state index in [-0.39, 0.29) is 6.04 Å². The van der Waals surface area contributed by atoms with Gasteiger partial charge in [0.1, 0.15) is 0 Å². The molecule has 0 spiro atoms. The SMILES string of the molecule is COc1cccc2c1OCC(CN1CCCC1)C2N. The third-order valence-electron chi connectivity index (χ3n) is 4.23. The quantitative estimate of drug-likeness (QED) is 0.902. The molecule has 2 aliphatic heterocycles. The van der Waals surface area contributed by atoms with Gasteiger partial charge in [0, 0.05) is 24.1 Å². The minimum atomic E-state index is 0.0412. The van der Waals surface area contributed by atoms with Crippen LogP contribution in [0.1, 0.15) is 24.4 Å². The molecule has 0 saturated carbocycles.